The monoisotopic (exact) mass is 339 g/mol. The van der Waals surface area contributed by atoms with Crippen molar-refractivity contribution in [2.24, 2.45) is 0 Å². The van der Waals surface area contributed by atoms with E-state index in [0.29, 0.717) is 15.5 Å². The molecular weight excluding hydrogens is 330 g/mol. The highest BCUT2D eigenvalue weighted by molar-refractivity contribution is 9.10. The van der Waals surface area contributed by atoms with Crippen molar-refractivity contribution in [3.8, 4) is 0 Å². The van der Waals surface area contributed by atoms with E-state index in [-0.39, 0.29) is 18.1 Å². The number of ether oxygens (including phenoxy) is 1. The topological polar surface area (TPSA) is 104 Å². The molecule has 0 radical (unpaired) electrons. The molecule has 0 aliphatic heterocycles. The van der Waals surface area contributed by atoms with Crippen LogP contribution in [0.5, 0.6) is 0 Å². The molecule has 0 saturated heterocycles. The molecule has 104 valence electrons. The minimum Gasteiger partial charge on any atom is -0.478 e. The number of hydrogen-bond donors (Lipinski definition) is 3. The summed E-state index contributed by atoms with van der Waals surface area (Å²) in [6.07, 6.45) is 0.757. The van der Waals surface area contributed by atoms with Crippen molar-refractivity contribution in [2.45, 2.75) is 0 Å². The Morgan fingerprint density at radius 2 is 2.30 bits per heavy atom. The Morgan fingerprint density at radius 3 is 2.95 bits per heavy atom. The molecule has 0 aliphatic rings. The van der Waals surface area contributed by atoms with Crippen LogP contribution in [0.4, 0.5) is 10.7 Å². The largest absolute Gasteiger partial charge is 0.478 e. The molecule has 7 nitrogen and oxygen atoms in total. The lowest BCUT2D eigenvalue weighted by Crippen LogP contribution is -2.14. The highest BCUT2D eigenvalue weighted by atomic mass is 79.9. The van der Waals surface area contributed by atoms with Crippen molar-refractivity contribution >= 4 is 45.0 Å². The number of halogens is 1. The van der Waals surface area contributed by atoms with Gasteiger partial charge in [-0.25, -0.2) is 14.6 Å². The number of nitrogens with one attached hydrogen (secondary N) is 2. The Hall–Kier alpha value is -2.35. The molecule has 2 aromatic rings. The molecular formula is C12H10BrN3O4. The number of amides is 1. The molecule has 0 atom stereocenters. The number of aromatic amines is 1. The van der Waals surface area contributed by atoms with E-state index in [1.54, 1.807) is 0 Å². The number of carboxylic acid groups (broad SMARTS) is 1. The van der Waals surface area contributed by atoms with Crippen LogP contribution in [0.15, 0.2) is 29.3 Å². The lowest BCUT2D eigenvalue weighted by atomic mass is 10.2. The standard InChI is InChI=1S/C12H10BrN3O4/c1-2-3-20-12(19)16-11-14-8-5-6(10(17)18)4-7(13)9(8)15-11/h2,4-5H,1,3H2,(H,17,18)(H2,14,15,16,19). The molecule has 0 spiro atoms. The number of benzene rings is 1. The maximum Gasteiger partial charge on any atom is 0.414 e. The second-order valence-electron chi connectivity index (χ2n) is 3.76. The zero-order valence-corrected chi connectivity index (χ0v) is 11.7. The number of hydrogen-bond acceptors (Lipinski definition) is 4. The summed E-state index contributed by atoms with van der Waals surface area (Å²) in [5.74, 6) is -0.889. The van der Waals surface area contributed by atoms with Gasteiger partial charge in [-0.1, -0.05) is 12.7 Å². The first kappa shape index (κ1) is 14.1. The maximum atomic E-state index is 11.4. The quantitative estimate of drug-likeness (QED) is 0.743. The van der Waals surface area contributed by atoms with E-state index in [1.165, 1.54) is 18.2 Å². The van der Waals surface area contributed by atoms with E-state index in [0.717, 1.165) is 0 Å². The number of H-pyrrole nitrogens is 1. The van der Waals surface area contributed by atoms with Gasteiger partial charge in [-0.05, 0) is 28.1 Å². The van der Waals surface area contributed by atoms with Crippen LogP contribution in [0.25, 0.3) is 11.0 Å². The van der Waals surface area contributed by atoms with Gasteiger partial charge in [0.2, 0.25) is 5.95 Å². The zero-order valence-electron chi connectivity index (χ0n) is 10.1. The molecule has 1 amide bonds. The number of aromatic carboxylic acids is 1. The van der Waals surface area contributed by atoms with Gasteiger partial charge in [0.25, 0.3) is 0 Å². The number of carboxylic acids is 1. The van der Waals surface area contributed by atoms with Crippen LogP contribution in [-0.2, 0) is 4.74 Å². The summed E-state index contributed by atoms with van der Waals surface area (Å²) in [6, 6.07) is 2.86. The van der Waals surface area contributed by atoms with Gasteiger partial charge in [-0.3, -0.25) is 5.32 Å². The summed E-state index contributed by atoms with van der Waals surface area (Å²) in [4.78, 5) is 29.2. The third kappa shape index (κ3) is 2.97. The molecule has 8 heteroatoms. The summed E-state index contributed by atoms with van der Waals surface area (Å²) in [7, 11) is 0. The molecule has 0 bridgehead atoms. The van der Waals surface area contributed by atoms with E-state index in [1.807, 2.05) is 0 Å². The fourth-order valence-electron chi connectivity index (χ4n) is 1.53. The van der Waals surface area contributed by atoms with Gasteiger partial charge in [-0.2, -0.15) is 0 Å². The van der Waals surface area contributed by atoms with Crippen molar-refractivity contribution in [1.82, 2.24) is 9.97 Å². The van der Waals surface area contributed by atoms with Crippen molar-refractivity contribution in [1.29, 1.82) is 0 Å². The van der Waals surface area contributed by atoms with E-state index in [9.17, 15) is 9.59 Å². The number of anilines is 1. The van der Waals surface area contributed by atoms with Crippen LogP contribution >= 0.6 is 15.9 Å². The van der Waals surface area contributed by atoms with E-state index in [2.05, 4.69) is 37.8 Å². The highest BCUT2D eigenvalue weighted by Gasteiger charge is 2.13. The first-order valence-electron chi connectivity index (χ1n) is 5.48. The van der Waals surface area contributed by atoms with Gasteiger partial charge >= 0.3 is 12.1 Å². The Morgan fingerprint density at radius 1 is 1.55 bits per heavy atom. The van der Waals surface area contributed by atoms with Crippen LogP contribution < -0.4 is 5.32 Å². The molecule has 0 aliphatic carbocycles. The van der Waals surface area contributed by atoms with Crippen LogP contribution in [0.3, 0.4) is 0 Å². The number of imidazole rings is 1. The Bertz CT molecular complexity index is 695. The number of fused-ring (bicyclic) bond motifs is 1. The average molecular weight is 340 g/mol. The average Bonchev–Trinajstić information content (AvgIpc) is 2.79. The first-order valence-corrected chi connectivity index (χ1v) is 6.28. The number of carbonyl (C=O) groups excluding carboxylic acids is 1. The van der Waals surface area contributed by atoms with Crippen molar-refractivity contribution < 1.29 is 19.4 Å². The lowest BCUT2D eigenvalue weighted by molar-refractivity contribution is 0.0697. The van der Waals surface area contributed by atoms with Crippen LogP contribution in [-0.4, -0.2) is 33.7 Å². The van der Waals surface area contributed by atoms with Crippen molar-refractivity contribution in [3.05, 3.63) is 34.8 Å². The first-order chi connectivity index (χ1) is 9.51. The van der Waals surface area contributed by atoms with Crippen molar-refractivity contribution in [3.63, 3.8) is 0 Å². The molecule has 2 rings (SSSR count). The Balaban J connectivity index is 2.29. The SMILES string of the molecule is C=CCOC(=O)Nc1nc2c(Br)cc(C(=O)O)cc2[nH]1. The maximum absolute atomic E-state index is 11.4. The fraction of sp³-hybridized carbons (Fsp3) is 0.0833. The second kappa shape index (κ2) is 5.74. The van der Waals surface area contributed by atoms with Crippen LogP contribution in [0.2, 0.25) is 0 Å². The van der Waals surface area contributed by atoms with Gasteiger partial charge < -0.3 is 14.8 Å². The van der Waals surface area contributed by atoms with Gasteiger partial charge in [0.1, 0.15) is 12.1 Å². The minimum atomic E-state index is -1.05. The normalized spacial score (nSPS) is 10.2. The molecule has 1 aromatic heterocycles. The predicted molar refractivity (Wildman–Crippen MR) is 75.9 cm³/mol. The summed E-state index contributed by atoms with van der Waals surface area (Å²) in [5.41, 5.74) is 1.10. The molecule has 1 aromatic carbocycles. The van der Waals surface area contributed by atoms with Gasteiger partial charge in [0.15, 0.2) is 0 Å². The highest BCUT2D eigenvalue weighted by Crippen LogP contribution is 2.25. The zero-order chi connectivity index (χ0) is 14.7. The van der Waals surface area contributed by atoms with E-state index >= 15 is 0 Å². The molecule has 1 heterocycles. The van der Waals surface area contributed by atoms with Gasteiger partial charge in [-0.15, -0.1) is 0 Å². The van der Waals surface area contributed by atoms with E-state index < -0.39 is 12.1 Å². The van der Waals surface area contributed by atoms with Crippen LogP contribution in [0.1, 0.15) is 10.4 Å². The Labute approximate surface area is 121 Å². The second-order valence-corrected chi connectivity index (χ2v) is 4.61. The smallest absolute Gasteiger partial charge is 0.414 e. The minimum absolute atomic E-state index is 0.0823. The van der Waals surface area contributed by atoms with Gasteiger partial charge in [0, 0.05) is 4.47 Å². The molecule has 3 N–H and O–H groups in total. The summed E-state index contributed by atoms with van der Waals surface area (Å²) < 4.78 is 5.26. The summed E-state index contributed by atoms with van der Waals surface area (Å²) in [6.45, 7) is 3.50. The number of nitrogens with zero attached hydrogens (tertiary/aromatic N) is 1. The fourth-order valence-corrected chi connectivity index (χ4v) is 2.07. The number of carbonyl (C=O) groups is 2. The van der Waals surface area contributed by atoms with Crippen LogP contribution in [0, 0.1) is 0 Å². The lowest BCUT2D eigenvalue weighted by Gasteiger charge is -2.00. The third-order valence-electron chi connectivity index (χ3n) is 2.34. The summed E-state index contributed by atoms with van der Waals surface area (Å²) >= 11 is 3.23. The number of aromatic nitrogens is 2. The van der Waals surface area contributed by atoms with Gasteiger partial charge in [0.05, 0.1) is 11.1 Å². The predicted octanol–water partition coefficient (Wildman–Crippen LogP) is 2.76. The summed E-state index contributed by atoms with van der Waals surface area (Å²) in [5, 5.41) is 11.4. The molecule has 20 heavy (non-hydrogen) atoms. The van der Waals surface area contributed by atoms with Crippen molar-refractivity contribution in [2.75, 3.05) is 11.9 Å². The molecule has 0 unspecified atom stereocenters. The Kier molecular flexibility index (Phi) is 4.04. The molecule has 0 fully saturated rings. The van der Waals surface area contributed by atoms with E-state index in [4.69, 9.17) is 9.84 Å². The molecule has 0 saturated carbocycles. The third-order valence-corrected chi connectivity index (χ3v) is 2.94. The number of rotatable bonds is 4.